The number of benzene rings is 1. The van der Waals surface area contributed by atoms with E-state index in [0.29, 0.717) is 10.8 Å². The molecule has 0 aliphatic heterocycles. The number of fused-ring (bicyclic) bond motifs is 1. The molecule has 1 unspecified atom stereocenters. The Bertz CT molecular complexity index is 585. The molecule has 0 fully saturated rings. The minimum absolute atomic E-state index is 0.126. The molecule has 0 radical (unpaired) electrons. The van der Waals surface area contributed by atoms with E-state index in [0.717, 1.165) is 5.56 Å². The predicted molar refractivity (Wildman–Crippen MR) is 82.0 cm³/mol. The minimum atomic E-state index is -0.126. The number of methoxy groups -OCH3 is 1. The number of thiophene rings is 1. The van der Waals surface area contributed by atoms with Crippen LogP contribution in [-0.4, -0.2) is 7.11 Å². The lowest BCUT2D eigenvalue weighted by molar-refractivity contribution is 0.415. The van der Waals surface area contributed by atoms with Crippen LogP contribution >= 0.6 is 34.5 Å². The van der Waals surface area contributed by atoms with Crippen LogP contribution in [0.15, 0.2) is 24.3 Å². The molecule has 1 atom stereocenters. The van der Waals surface area contributed by atoms with Gasteiger partial charge in [0.05, 0.1) is 17.5 Å². The van der Waals surface area contributed by atoms with Crippen molar-refractivity contribution in [3.8, 4) is 5.75 Å². The average Bonchev–Trinajstić information content (AvgIpc) is 2.98. The summed E-state index contributed by atoms with van der Waals surface area (Å²) in [4.78, 5) is 2.72. The number of aryl methyl sites for hydroxylation is 2. The SMILES string of the molecule is COc1ccc(C(Cl)c2cc3c(s2)CCC3)cc1Cl. The summed E-state index contributed by atoms with van der Waals surface area (Å²) >= 11 is 14.6. The summed E-state index contributed by atoms with van der Waals surface area (Å²) in [5.74, 6) is 0.683. The molecule has 1 heterocycles. The third kappa shape index (κ3) is 2.49. The summed E-state index contributed by atoms with van der Waals surface area (Å²) in [5, 5.41) is 0.480. The van der Waals surface area contributed by atoms with Gasteiger partial charge in [-0.1, -0.05) is 17.7 Å². The summed E-state index contributed by atoms with van der Waals surface area (Å²) in [6, 6.07) is 7.99. The molecule has 1 aliphatic carbocycles. The quantitative estimate of drug-likeness (QED) is 0.705. The number of halogens is 2. The molecule has 4 heteroatoms. The fraction of sp³-hybridized carbons (Fsp3) is 0.333. The number of rotatable bonds is 3. The molecule has 3 rings (SSSR count). The van der Waals surface area contributed by atoms with Crippen LogP contribution in [0.3, 0.4) is 0 Å². The fourth-order valence-electron chi connectivity index (χ4n) is 2.48. The molecule has 0 saturated heterocycles. The van der Waals surface area contributed by atoms with Crippen LogP contribution in [0.25, 0.3) is 0 Å². The van der Waals surface area contributed by atoms with E-state index < -0.39 is 0 Å². The highest BCUT2D eigenvalue weighted by atomic mass is 35.5. The Morgan fingerprint density at radius 3 is 2.79 bits per heavy atom. The van der Waals surface area contributed by atoms with E-state index in [-0.39, 0.29) is 5.38 Å². The molecule has 100 valence electrons. The maximum absolute atomic E-state index is 6.58. The first-order valence-corrected chi connectivity index (χ1v) is 7.91. The van der Waals surface area contributed by atoms with Gasteiger partial charge in [0, 0.05) is 9.75 Å². The summed E-state index contributed by atoms with van der Waals surface area (Å²) in [6.45, 7) is 0. The smallest absolute Gasteiger partial charge is 0.137 e. The topological polar surface area (TPSA) is 9.23 Å². The molecule has 0 saturated carbocycles. The third-order valence-electron chi connectivity index (χ3n) is 3.48. The largest absolute Gasteiger partial charge is 0.495 e. The van der Waals surface area contributed by atoms with E-state index >= 15 is 0 Å². The van der Waals surface area contributed by atoms with Gasteiger partial charge < -0.3 is 4.74 Å². The van der Waals surface area contributed by atoms with Crippen molar-refractivity contribution in [1.82, 2.24) is 0 Å². The van der Waals surface area contributed by atoms with Gasteiger partial charge in [-0.05, 0) is 48.6 Å². The van der Waals surface area contributed by atoms with Crippen molar-refractivity contribution in [2.45, 2.75) is 24.6 Å². The standard InChI is InChI=1S/C15H14Cl2OS/c1-18-12-6-5-10(7-11(12)16)15(17)14-8-9-3-2-4-13(9)19-14/h5-8,15H,2-4H2,1H3. The van der Waals surface area contributed by atoms with E-state index in [4.69, 9.17) is 27.9 Å². The molecule has 0 spiro atoms. The number of alkyl halides is 1. The van der Waals surface area contributed by atoms with Crippen molar-refractivity contribution in [2.75, 3.05) is 7.11 Å². The van der Waals surface area contributed by atoms with Crippen molar-refractivity contribution >= 4 is 34.5 Å². The Morgan fingerprint density at radius 1 is 1.26 bits per heavy atom. The van der Waals surface area contributed by atoms with Gasteiger partial charge in [0.1, 0.15) is 5.75 Å². The van der Waals surface area contributed by atoms with E-state index in [2.05, 4.69) is 6.07 Å². The third-order valence-corrected chi connectivity index (χ3v) is 5.70. The van der Waals surface area contributed by atoms with Crippen LogP contribution in [0.4, 0.5) is 0 Å². The fourth-order valence-corrected chi connectivity index (χ4v) is 4.34. The summed E-state index contributed by atoms with van der Waals surface area (Å²) in [6.07, 6.45) is 3.68. The van der Waals surface area contributed by atoms with Crippen molar-refractivity contribution in [1.29, 1.82) is 0 Å². The molecule has 1 aromatic carbocycles. The van der Waals surface area contributed by atoms with Gasteiger partial charge >= 0.3 is 0 Å². The molecule has 0 bridgehead atoms. The summed E-state index contributed by atoms with van der Waals surface area (Å²) < 4.78 is 5.16. The van der Waals surface area contributed by atoms with Crippen LogP contribution < -0.4 is 4.74 Å². The lowest BCUT2D eigenvalue weighted by Gasteiger charge is -2.10. The highest BCUT2D eigenvalue weighted by Gasteiger charge is 2.20. The van der Waals surface area contributed by atoms with E-state index in [9.17, 15) is 0 Å². The highest BCUT2D eigenvalue weighted by Crippen LogP contribution is 2.40. The van der Waals surface area contributed by atoms with Gasteiger partial charge in [-0.15, -0.1) is 22.9 Å². The van der Waals surface area contributed by atoms with Crippen LogP contribution in [0.2, 0.25) is 5.02 Å². The van der Waals surface area contributed by atoms with Crippen molar-refractivity contribution in [2.24, 2.45) is 0 Å². The van der Waals surface area contributed by atoms with Gasteiger partial charge in [0.25, 0.3) is 0 Å². The monoisotopic (exact) mass is 312 g/mol. The van der Waals surface area contributed by atoms with Gasteiger partial charge in [-0.2, -0.15) is 0 Å². The Balaban J connectivity index is 1.90. The minimum Gasteiger partial charge on any atom is -0.495 e. The van der Waals surface area contributed by atoms with Crippen LogP contribution in [0, 0.1) is 0 Å². The molecule has 1 nitrogen and oxygen atoms in total. The average molecular weight is 313 g/mol. The maximum atomic E-state index is 6.58. The van der Waals surface area contributed by atoms with Crippen molar-refractivity contribution in [3.05, 3.63) is 50.2 Å². The summed E-state index contributed by atoms with van der Waals surface area (Å²) in [5.41, 5.74) is 2.50. The molecule has 1 aromatic heterocycles. The maximum Gasteiger partial charge on any atom is 0.137 e. The van der Waals surface area contributed by atoms with Gasteiger partial charge in [0.2, 0.25) is 0 Å². The van der Waals surface area contributed by atoms with Gasteiger partial charge in [0.15, 0.2) is 0 Å². The lowest BCUT2D eigenvalue weighted by Crippen LogP contribution is -1.92. The second-order valence-corrected chi connectivity index (χ2v) is 6.72. The van der Waals surface area contributed by atoms with E-state index in [1.165, 1.54) is 34.6 Å². The normalized spacial score (nSPS) is 15.3. The molecule has 2 aromatic rings. The molecule has 1 aliphatic rings. The van der Waals surface area contributed by atoms with Crippen LogP contribution in [-0.2, 0) is 12.8 Å². The lowest BCUT2D eigenvalue weighted by atomic mass is 10.1. The van der Waals surface area contributed by atoms with Gasteiger partial charge in [-0.3, -0.25) is 0 Å². The number of hydrogen-bond acceptors (Lipinski definition) is 2. The van der Waals surface area contributed by atoms with Gasteiger partial charge in [-0.25, -0.2) is 0 Å². The molecular weight excluding hydrogens is 299 g/mol. The Labute approximate surface area is 127 Å². The molecular formula is C15H14Cl2OS. The summed E-state index contributed by atoms with van der Waals surface area (Å²) in [7, 11) is 1.61. The molecule has 0 amide bonds. The van der Waals surface area contributed by atoms with Crippen LogP contribution in [0.1, 0.15) is 32.7 Å². The Hall–Kier alpha value is -0.700. The van der Waals surface area contributed by atoms with E-state index in [1.54, 1.807) is 7.11 Å². The number of hydrogen-bond donors (Lipinski definition) is 0. The molecule has 0 N–H and O–H groups in total. The number of ether oxygens (including phenoxy) is 1. The zero-order valence-corrected chi connectivity index (χ0v) is 12.9. The second kappa shape index (κ2) is 5.35. The zero-order chi connectivity index (χ0) is 13.4. The first-order valence-electron chi connectivity index (χ1n) is 6.28. The van der Waals surface area contributed by atoms with Crippen molar-refractivity contribution in [3.63, 3.8) is 0 Å². The zero-order valence-electron chi connectivity index (χ0n) is 10.6. The predicted octanol–water partition coefficient (Wildman–Crippen LogP) is 5.23. The first kappa shape index (κ1) is 13.3. The highest BCUT2D eigenvalue weighted by molar-refractivity contribution is 7.12. The van der Waals surface area contributed by atoms with Crippen LogP contribution in [0.5, 0.6) is 5.75 Å². The Morgan fingerprint density at radius 2 is 2.11 bits per heavy atom. The van der Waals surface area contributed by atoms with Crippen molar-refractivity contribution < 1.29 is 4.74 Å². The van der Waals surface area contributed by atoms with E-state index in [1.807, 2.05) is 29.5 Å². The molecule has 19 heavy (non-hydrogen) atoms. The first-order chi connectivity index (χ1) is 9.19. The Kier molecular flexibility index (Phi) is 3.75. The second-order valence-electron chi connectivity index (χ2n) is 4.71.